The van der Waals surface area contributed by atoms with E-state index in [1.54, 1.807) is 6.92 Å². The summed E-state index contributed by atoms with van der Waals surface area (Å²) in [6.07, 6.45) is 1.79. The molecular weight excluding hydrogens is 288 g/mol. The second-order valence-corrected chi connectivity index (χ2v) is 6.78. The van der Waals surface area contributed by atoms with Crippen molar-refractivity contribution in [2.45, 2.75) is 30.8 Å². The molecule has 106 valence electrons. The Bertz CT molecular complexity index is 569. The van der Waals surface area contributed by atoms with E-state index in [0.717, 1.165) is 12.8 Å². The molecule has 0 spiro atoms. The van der Waals surface area contributed by atoms with E-state index in [1.807, 2.05) is 0 Å². The van der Waals surface area contributed by atoms with Gasteiger partial charge >= 0.3 is 0 Å². The quantitative estimate of drug-likeness (QED) is 0.829. The van der Waals surface area contributed by atoms with Crippen molar-refractivity contribution in [3.8, 4) is 0 Å². The number of sulfonamides is 1. The SMILES string of the molecule is Cc1c(N)cc(Cl)cc1S(=O)(=O)NCC1CCCO1. The Hall–Kier alpha value is -0.820. The normalized spacial score (nSPS) is 19.8. The Labute approximate surface area is 118 Å². The highest BCUT2D eigenvalue weighted by Gasteiger charge is 2.22. The molecule has 1 heterocycles. The van der Waals surface area contributed by atoms with Gasteiger partial charge in [0.05, 0.1) is 11.0 Å². The number of nitrogens with two attached hydrogens (primary N) is 1. The van der Waals surface area contributed by atoms with E-state index in [0.29, 0.717) is 22.9 Å². The van der Waals surface area contributed by atoms with Crippen molar-refractivity contribution in [2.75, 3.05) is 18.9 Å². The lowest BCUT2D eigenvalue weighted by Crippen LogP contribution is -2.32. The van der Waals surface area contributed by atoms with E-state index < -0.39 is 10.0 Å². The molecular formula is C12H17ClN2O3S. The fourth-order valence-electron chi connectivity index (χ4n) is 2.04. The summed E-state index contributed by atoms with van der Waals surface area (Å²) in [5, 5.41) is 0.306. The second kappa shape index (κ2) is 5.66. The van der Waals surface area contributed by atoms with Crippen LogP contribution in [0.25, 0.3) is 0 Å². The molecule has 1 aromatic rings. The Morgan fingerprint density at radius 2 is 2.26 bits per heavy atom. The first-order valence-electron chi connectivity index (χ1n) is 6.07. The lowest BCUT2D eigenvalue weighted by molar-refractivity contribution is 0.114. The fraction of sp³-hybridized carbons (Fsp3) is 0.500. The summed E-state index contributed by atoms with van der Waals surface area (Å²) < 4.78 is 32.4. The van der Waals surface area contributed by atoms with Crippen LogP contribution in [-0.4, -0.2) is 27.7 Å². The maximum atomic E-state index is 12.2. The molecule has 1 atom stereocenters. The molecule has 0 bridgehead atoms. The smallest absolute Gasteiger partial charge is 0.241 e. The Morgan fingerprint density at radius 1 is 1.53 bits per heavy atom. The number of hydrogen-bond donors (Lipinski definition) is 2. The molecule has 0 radical (unpaired) electrons. The minimum Gasteiger partial charge on any atom is -0.398 e. The number of benzene rings is 1. The molecule has 5 nitrogen and oxygen atoms in total. The van der Waals surface area contributed by atoms with Crippen LogP contribution in [-0.2, 0) is 14.8 Å². The van der Waals surface area contributed by atoms with Gasteiger partial charge in [0.2, 0.25) is 10.0 Å². The molecule has 0 amide bonds. The summed E-state index contributed by atoms with van der Waals surface area (Å²) >= 11 is 5.86. The molecule has 1 unspecified atom stereocenters. The maximum Gasteiger partial charge on any atom is 0.241 e. The van der Waals surface area contributed by atoms with Crippen LogP contribution in [0.1, 0.15) is 18.4 Å². The molecule has 1 aliphatic heterocycles. The van der Waals surface area contributed by atoms with Gasteiger partial charge in [-0.05, 0) is 37.5 Å². The van der Waals surface area contributed by atoms with Gasteiger partial charge in [0.15, 0.2) is 0 Å². The van der Waals surface area contributed by atoms with E-state index in [4.69, 9.17) is 22.1 Å². The monoisotopic (exact) mass is 304 g/mol. The highest BCUT2D eigenvalue weighted by atomic mass is 35.5. The predicted molar refractivity (Wildman–Crippen MR) is 74.8 cm³/mol. The van der Waals surface area contributed by atoms with Crippen LogP contribution < -0.4 is 10.5 Å². The van der Waals surface area contributed by atoms with Crippen molar-refractivity contribution in [1.29, 1.82) is 0 Å². The molecule has 3 N–H and O–H groups in total. The summed E-state index contributed by atoms with van der Waals surface area (Å²) in [6.45, 7) is 2.62. The predicted octanol–water partition coefficient (Wildman–Crippen LogP) is 1.69. The van der Waals surface area contributed by atoms with Crippen LogP contribution in [0.3, 0.4) is 0 Å². The summed E-state index contributed by atoms with van der Waals surface area (Å²) in [7, 11) is -3.62. The first-order valence-corrected chi connectivity index (χ1v) is 7.93. The molecule has 1 aromatic carbocycles. The molecule has 0 aliphatic carbocycles. The number of anilines is 1. The van der Waals surface area contributed by atoms with E-state index in [9.17, 15) is 8.42 Å². The van der Waals surface area contributed by atoms with Crippen LogP contribution >= 0.6 is 11.6 Å². The summed E-state index contributed by atoms with van der Waals surface area (Å²) in [4.78, 5) is 0.121. The van der Waals surface area contributed by atoms with Crippen molar-refractivity contribution < 1.29 is 13.2 Å². The third kappa shape index (κ3) is 3.39. The molecule has 0 aromatic heterocycles. The van der Waals surface area contributed by atoms with Gasteiger partial charge in [0.1, 0.15) is 0 Å². The molecule has 7 heteroatoms. The average molecular weight is 305 g/mol. The average Bonchev–Trinajstić information content (AvgIpc) is 2.84. The van der Waals surface area contributed by atoms with Crippen LogP contribution in [0, 0.1) is 6.92 Å². The minimum absolute atomic E-state index is 0.0494. The Kier molecular flexibility index (Phi) is 4.35. The second-order valence-electron chi connectivity index (χ2n) is 4.61. The van der Waals surface area contributed by atoms with Crippen molar-refractivity contribution in [3.05, 3.63) is 22.7 Å². The molecule has 2 rings (SSSR count). The number of ether oxygens (including phenoxy) is 1. The van der Waals surface area contributed by atoms with E-state index in [-0.39, 0.29) is 17.5 Å². The third-order valence-corrected chi connectivity index (χ3v) is 4.95. The van der Waals surface area contributed by atoms with E-state index in [1.165, 1.54) is 12.1 Å². The van der Waals surface area contributed by atoms with Gasteiger partial charge in [-0.1, -0.05) is 11.6 Å². The number of halogens is 1. The maximum absolute atomic E-state index is 12.2. The molecule has 1 saturated heterocycles. The van der Waals surface area contributed by atoms with Crippen molar-refractivity contribution in [1.82, 2.24) is 4.72 Å². The van der Waals surface area contributed by atoms with Crippen molar-refractivity contribution in [2.24, 2.45) is 0 Å². The molecule has 1 aliphatic rings. The van der Waals surface area contributed by atoms with Gasteiger partial charge in [-0.2, -0.15) is 0 Å². The van der Waals surface area contributed by atoms with Crippen molar-refractivity contribution >= 4 is 27.3 Å². The summed E-state index contributed by atoms with van der Waals surface area (Å²) in [6, 6.07) is 2.95. The lowest BCUT2D eigenvalue weighted by Gasteiger charge is -2.14. The highest BCUT2D eigenvalue weighted by molar-refractivity contribution is 7.89. The topological polar surface area (TPSA) is 81.4 Å². The zero-order valence-corrected chi connectivity index (χ0v) is 12.2. The number of nitrogen functional groups attached to an aromatic ring is 1. The van der Waals surface area contributed by atoms with Gasteiger partial charge in [-0.25, -0.2) is 13.1 Å². The largest absolute Gasteiger partial charge is 0.398 e. The van der Waals surface area contributed by atoms with E-state index in [2.05, 4.69) is 4.72 Å². The first-order chi connectivity index (χ1) is 8.90. The zero-order chi connectivity index (χ0) is 14.0. The third-order valence-electron chi connectivity index (χ3n) is 3.18. The van der Waals surface area contributed by atoms with Crippen LogP contribution in [0.5, 0.6) is 0 Å². The van der Waals surface area contributed by atoms with Gasteiger partial charge in [-0.15, -0.1) is 0 Å². The van der Waals surface area contributed by atoms with E-state index >= 15 is 0 Å². The minimum atomic E-state index is -3.62. The summed E-state index contributed by atoms with van der Waals surface area (Å²) in [5.74, 6) is 0. The molecule has 19 heavy (non-hydrogen) atoms. The molecule has 1 fully saturated rings. The van der Waals surface area contributed by atoms with Gasteiger partial charge in [0, 0.05) is 23.9 Å². The van der Waals surface area contributed by atoms with Crippen LogP contribution in [0.4, 0.5) is 5.69 Å². The highest BCUT2D eigenvalue weighted by Crippen LogP contribution is 2.26. The van der Waals surface area contributed by atoms with Crippen LogP contribution in [0.2, 0.25) is 5.02 Å². The van der Waals surface area contributed by atoms with Gasteiger partial charge in [-0.3, -0.25) is 0 Å². The van der Waals surface area contributed by atoms with Gasteiger partial charge in [0.25, 0.3) is 0 Å². The number of rotatable bonds is 4. The van der Waals surface area contributed by atoms with Crippen molar-refractivity contribution in [3.63, 3.8) is 0 Å². The molecule has 0 saturated carbocycles. The number of nitrogens with one attached hydrogen (secondary N) is 1. The first kappa shape index (κ1) is 14.6. The Morgan fingerprint density at radius 3 is 2.89 bits per heavy atom. The Balaban J connectivity index is 2.19. The summed E-state index contributed by atoms with van der Waals surface area (Å²) in [5.41, 5.74) is 6.60. The van der Waals surface area contributed by atoms with Crippen LogP contribution in [0.15, 0.2) is 17.0 Å². The zero-order valence-electron chi connectivity index (χ0n) is 10.6. The lowest BCUT2D eigenvalue weighted by atomic mass is 10.2. The fourth-order valence-corrected chi connectivity index (χ4v) is 3.69. The van der Waals surface area contributed by atoms with Gasteiger partial charge < -0.3 is 10.5 Å². The number of hydrogen-bond acceptors (Lipinski definition) is 4. The standard InChI is InChI=1S/C12H17ClN2O3S/c1-8-11(14)5-9(13)6-12(8)19(16,17)15-7-10-3-2-4-18-10/h5-6,10,15H,2-4,7,14H2,1H3.